The maximum absolute atomic E-state index is 13.2. The molecular formula is C69H135NO11S. The Labute approximate surface area is 506 Å². The molecular weight excluding hydrogens is 1050 g/mol. The summed E-state index contributed by atoms with van der Waals surface area (Å²) in [5, 5.41) is 45.3. The van der Waals surface area contributed by atoms with Gasteiger partial charge in [-0.05, 0) is 38.5 Å². The average Bonchev–Trinajstić information content (AvgIpc) is 3.62. The van der Waals surface area contributed by atoms with Crippen LogP contribution >= 0.6 is 0 Å². The average molecular weight is 1190 g/mol. The molecule has 0 aliphatic carbocycles. The first-order chi connectivity index (χ1) is 40.0. The molecule has 0 spiro atoms. The van der Waals surface area contributed by atoms with Crippen molar-refractivity contribution in [3.63, 3.8) is 0 Å². The third-order valence-electron chi connectivity index (χ3n) is 17.3. The Kier molecular flexibility index (Phi) is 56.6. The first-order valence-corrected chi connectivity index (χ1v) is 36.9. The minimum atomic E-state index is -5.08. The molecule has 1 amide bonds. The summed E-state index contributed by atoms with van der Waals surface area (Å²) in [6, 6.07) is -0.856. The highest BCUT2D eigenvalue weighted by atomic mass is 32.3. The topological polar surface area (TPSA) is 192 Å². The highest BCUT2D eigenvalue weighted by Crippen LogP contribution is 2.27. The van der Waals surface area contributed by atoms with Crippen molar-refractivity contribution in [2.75, 3.05) is 13.2 Å². The lowest BCUT2D eigenvalue weighted by Crippen LogP contribution is -2.61. The lowest BCUT2D eigenvalue weighted by atomic mass is 9.99. The van der Waals surface area contributed by atoms with Crippen molar-refractivity contribution in [1.29, 1.82) is 0 Å². The second-order valence-electron chi connectivity index (χ2n) is 25.2. The molecule has 1 rings (SSSR count). The SMILES string of the molecule is CCCCCCCCCCCCCCCC/C=C\CCCCCCCCCCCCCCCCCCCC(=O)NC(COC1OC(CO)C(O)C(OS(=O)(=O)O)C1O)C(O)CCCCCCCCCCCCCCCCCCCCCC. The first-order valence-electron chi connectivity index (χ1n) is 35.6. The molecule has 82 heavy (non-hydrogen) atoms. The minimum absolute atomic E-state index is 0.221. The van der Waals surface area contributed by atoms with Gasteiger partial charge in [-0.3, -0.25) is 9.35 Å². The van der Waals surface area contributed by atoms with Crippen LogP contribution in [0.25, 0.3) is 0 Å². The van der Waals surface area contributed by atoms with Crippen LogP contribution in [-0.4, -0.2) is 95.4 Å². The van der Waals surface area contributed by atoms with Gasteiger partial charge >= 0.3 is 10.4 Å². The van der Waals surface area contributed by atoms with Gasteiger partial charge in [-0.15, -0.1) is 0 Å². The Morgan fingerprint density at radius 3 is 1.10 bits per heavy atom. The number of ether oxygens (including phenoxy) is 2. The predicted molar refractivity (Wildman–Crippen MR) is 342 cm³/mol. The van der Waals surface area contributed by atoms with Gasteiger partial charge in [-0.25, -0.2) is 4.18 Å². The van der Waals surface area contributed by atoms with Crippen LogP contribution in [0.5, 0.6) is 0 Å². The second kappa shape index (κ2) is 58.8. The predicted octanol–water partition coefficient (Wildman–Crippen LogP) is 18.5. The molecule has 7 unspecified atom stereocenters. The molecule has 6 N–H and O–H groups in total. The van der Waals surface area contributed by atoms with Gasteiger partial charge in [0.05, 0.1) is 25.4 Å². The summed E-state index contributed by atoms with van der Waals surface area (Å²) in [5.41, 5.74) is 0. The number of aliphatic hydroxyl groups excluding tert-OH is 4. The largest absolute Gasteiger partial charge is 0.397 e. The molecule has 0 radical (unpaired) electrons. The van der Waals surface area contributed by atoms with E-state index in [0.29, 0.717) is 12.8 Å². The molecule has 13 heteroatoms. The van der Waals surface area contributed by atoms with Crippen LogP contribution in [0.15, 0.2) is 12.2 Å². The van der Waals surface area contributed by atoms with Gasteiger partial charge < -0.3 is 35.2 Å². The van der Waals surface area contributed by atoms with Gasteiger partial charge in [0, 0.05) is 6.42 Å². The highest BCUT2D eigenvalue weighted by molar-refractivity contribution is 7.80. The van der Waals surface area contributed by atoms with Gasteiger partial charge in [0.1, 0.15) is 24.4 Å². The maximum Gasteiger partial charge on any atom is 0.397 e. The van der Waals surface area contributed by atoms with Gasteiger partial charge in [-0.2, -0.15) is 8.42 Å². The number of hydrogen-bond donors (Lipinski definition) is 6. The van der Waals surface area contributed by atoms with Gasteiger partial charge in [0.25, 0.3) is 0 Å². The summed E-state index contributed by atoms with van der Waals surface area (Å²) in [5.74, 6) is -0.221. The minimum Gasteiger partial charge on any atom is -0.394 e. The fourth-order valence-electron chi connectivity index (χ4n) is 11.9. The number of aliphatic hydroxyl groups is 4. The van der Waals surface area contributed by atoms with Crippen LogP contribution in [0, 0.1) is 0 Å². The zero-order valence-corrected chi connectivity index (χ0v) is 54.4. The lowest BCUT2D eigenvalue weighted by molar-refractivity contribution is -0.298. The number of nitrogens with one attached hydrogen (secondary N) is 1. The molecule has 12 nitrogen and oxygen atoms in total. The lowest BCUT2D eigenvalue weighted by Gasteiger charge is -2.41. The van der Waals surface area contributed by atoms with E-state index in [1.807, 2.05) is 0 Å². The summed E-state index contributed by atoms with van der Waals surface area (Å²) in [7, 11) is -5.08. The monoisotopic (exact) mass is 1190 g/mol. The molecule has 488 valence electrons. The summed E-state index contributed by atoms with van der Waals surface area (Å²) < 4.78 is 48.1. The number of carbonyl (C=O) groups is 1. The molecule has 1 aliphatic heterocycles. The number of rotatable bonds is 64. The van der Waals surface area contributed by atoms with Crippen LogP contribution in [0.4, 0.5) is 0 Å². The summed E-state index contributed by atoms with van der Waals surface area (Å²) in [6.45, 7) is 3.52. The quantitative estimate of drug-likeness (QED) is 0.0193. The van der Waals surface area contributed by atoms with E-state index in [9.17, 15) is 38.2 Å². The molecule has 0 aromatic rings. The Morgan fingerprint density at radius 1 is 0.476 bits per heavy atom. The smallest absolute Gasteiger partial charge is 0.394 e. The van der Waals surface area contributed by atoms with E-state index in [1.165, 1.54) is 289 Å². The molecule has 1 heterocycles. The molecule has 7 atom stereocenters. The molecule has 1 aliphatic rings. The van der Waals surface area contributed by atoms with E-state index in [-0.39, 0.29) is 12.5 Å². The standard InChI is InChI=1S/C69H135NO11S/c1-3-5-7-9-11-13-15-17-19-21-23-25-26-27-28-29-30-31-32-33-34-35-36-37-38-39-41-43-45-47-49-51-53-55-57-59-65(73)70-62(61-79-69-67(75)68(81-82(76,77)78)66(74)64(60-71)80-69)63(72)58-56-54-52-50-48-46-44-42-40-24-22-20-18-16-14-12-10-8-6-4-2/h29-30,62-64,66-69,71-72,74-75H,3-28,31-61H2,1-2H3,(H,70,73)(H,76,77,78)/b30-29-. The number of amides is 1. The maximum atomic E-state index is 13.2. The van der Waals surface area contributed by atoms with E-state index >= 15 is 0 Å². The van der Waals surface area contributed by atoms with Gasteiger partial charge in [-0.1, -0.05) is 334 Å². The van der Waals surface area contributed by atoms with Crippen molar-refractivity contribution in [3.05, 3.63) is 12.2 Å². The van der Waals surface area contributed by atoms with E-state index in [1.54, 1.807) is 0 Å². The third kappa shape index (κ3) is 49.9. The van der Waals surface area contributed by atoms with Crippen molar-refractivity contribution < 1.29 is 51.8 Å². The van der Waals surface area contributed by atoms with E-state index in [0.717, 1.165) is 51.4 Å². The van der Waals surface area contributed by atoms with Crippen LogP contribution in [0.3, 0.4) is 0 Å². The van der Waals surface area contributed by atoms with Crippen LogP contribution in [0.1, 0.15) is 367 Å². The van der Waals surface area contributed by atoms with Crippen molar-refractivity contribution >= 4 is 16.3 Å². The second-order valence-corrected chi connectivity index (χ2v) is 26.2. The summed E-state index contributed by atoms with van der Waals surface area (Å²) in [4.78, 5) is 13.2. The van der Waals surface area contributed by atoms with E-state index in [2.05, 4.69) is 35.5 Å². The van der Waals surface area contributed by atoms with Crippen LogP contribution in [0.2, 0.25) is 0 Å². The normalized spacial score (nSPS) is 18.5. The van der Waals surface area contributed by atoms with Crippen molar-refractivity contribution in [3.8, 4) is 0 Å². The molecule has 1 fully saturated rings. The van der Waals surface area contributed by atoms with Crippen LogP contribution in [-0.2, 0) is 28.9 Å². The van der Waals surface area contributed by atoms with E-state index in [4.69, 9.17) is 9.47 Å². The summed E-state index contributed by atoms with van der Waals surface area (Å²) in [6.07, 6.45) is 65.4. The zero-order chi connectivity index (χ0) is 59.7. The van der Waals surface area contributed by atoms with Crippen molar-refractivity contribution in [2.24, 2.45) is 0 Å². The molecule has 0 saturated carbocycles. The van der Waals surface area contributed by atoms with E-state index < -0.39 is 59.9 Å². The van der Waals surface area contributed by atoms with Crippen molar-refractivity contribution in [1.82, 2.24) is 5.32 Å². The number of allylic oxidation sites excluding steroid dienone is 2. The Balaban J connectivity index is 2.18. The Bertz CT molecular complexity index is 1490. The summed E-state index contributed by atoms with van der Waals surface area (Å²) >= 11 is 0. The molecule has 0 aromatic carbocycles. The Morgan fingerprint density at radius 2 is 0.780 bits per heavy atom. The molecule has 0 aromatic heterocycles. The highest BCUT2D eigenvalue weighted by Gasteiger charge is 2.48. The fourth-order valence-corrected chi connectivity index (χ4v) is 12.4. The number of carbonyl (C=O) groups excluding carboxylic acids is 1. The first kappa shape index (κ1) is 78.9. The molecule has 1 saturated heterocycles. The Hall–Kier alpha value is -1.16. The fraction of sp³-hybridized carbons (Fsp3) is 0.957. The van der Waals surface area contributed by atoms with Crippen molar-refractivity contribution in [2.45, 2.75) is 410 Å². The number of hydrogen-bond acceptors (Lipinski definition) is 10. The van der Waals surface area contributed by atoms with Crippen LogP contribution < -0.4 is 5.32 Å². The third-order valence-corrected chi connectivity index (χ3v) is 17.8. The zero-order valence-electron chi connectivity index (χ0n) is 53.6. The van der Waals surface area contributed by atoms with Gasteiger partial charge in [0.15, 0.2) is 6.29 Å². The number of unbranched alkanes of at least 4 members (excludes halogenated alkanes) is 50. The van der Waals surface area contributed by atoms with Gasteiger partial charge in [0.2, 0.25) is 5.91 Å². The molecule has 0 bridgehead atoms.